The van der Waals surface area contributed by atoms with E-state index in [1.807, 2.05) is 18.2 Å². The maximum atomic E-state index is 7.43. The number of methoxy groups -OCH3 is 3. The Morgan fingerprint density at radius 2 is 1.28 bits per heavy atom. The molecule has 0 radical (unpaired) electrons. The summed E-state index contributed by atoms with van der Waals surface area (Å²) >= 11 is 0. The van der Waals surface area contributed by atoms with Crippen LogP contribution in [0.2, 0.25) is 0 Å². The second kappa shape index (κ2) is 10.7. The van der Waals surface area contributed by atoms with Crippen LogP contribution in [-0.4, -0.2) is 25.9 Å². The van der Waals surface area contributed by atoms with Crippen LogP contribution in [0.4, 0.5) is 0 Å². The van der Waals surface area contributed by atoms with Crippen molar-refractivity contribution >= 4 is 38.7 Å². The van der Waals surface area contributed by atoms with E-state index in [9.17, 15) is 0 Å². The lowest BCUT2D eigenvalue weighted by molar-refractivity contribution is 0.164. The van der Waals surface area contributed by atoms with Gasteiger partial charge in [-0.2, -0.15) is 0 Å². The molecule has 0 fully saturated rings. The Labute approximate surface area is 267 Å². The lowest BCUT2D eigenvalue weighted by Gasteiger charge is -2.37. The summed E-state index contributed by atoms with van der Waals surface area (Å²) in [6.45, 7) is 2.14. The smallest absolute Gasteiger partial charge is 0.178 e. The van der Waals surface area contributed by atoms with Crippen molar-refractivity contribution in [3.05, 3.63) is 144 Å². The number of hydrogen-bond acceptors (Lipinski definition) is 4. The molecule has 0 aliphatic carbocycles. The predicted octanol–water partition coefficient (Wildman–Crippen LogP) is 9.62. The van der Waals surface area contributed by atoms with Crippen LogP contribution in [0, 0.1) is 6.92 Å². The second-order valence-corrected chi connectivity index (χ2v) is 11.7. The molecule has 6 aromatic carbocycles. The maximum Gasteiger partial charge on any atom is 0.178 e. The Morgan fingerprint density at radius 1 is 0.630 bits per heavy atom. The van der Waals surface area contributed by atoms with Crippen LogP contribution in [0.1, 0.15) is 22.3 Å². The number of aromatic nitrogens is 1. The number of ether oxygens (including phenoxy) is 4. The van der Waals surface area contributed by atoms with Gasteiger partial charge in [0, 0.05) is 38.5 Å². The highest BCUT2D eigenvalue weighted by Crippen LogP contribution is 2.52. The molecule has 1 unspecified atom stereocenters. The molecule has 5 nitrogen and oxygen atoms in total. The van der Waals surface area contributed by atoms with Crippen LogP contribution in [0.15, 0.2) is 121 Å². The van der Waals surface area contributed by atoms with Crippen LogP contribution >= 0.6 is 0 Å². The van der Waals surface area contributed by atoms with Gasteiger partial charge in [0.25, 0.3) is 0 Å². The van der Waals surface area contributed by atoms with Crippen molar-refractivity contribution in [2.75, 3.05) is 21.3 Å². The Balaban J connectivity index is 1.55. The fraction of sp³-hybridized carbons (Fsp3) is 0.122. The molecule has 0 saturated carbocycles. The molecule has 5 heteroatoms. The highest BCUT2D eigenvalue weighted by atomic mass is 16.5. The molecular formula is C41H33NO4. The van der Waals surface area contributed by atoms with E-state index in [0.29, 0.717) is 11.5 Å². The quantitative estimate of drug-likeness (QED) is 0.190. The Morgan fingerprint density at radius 3 is 1.96 bits per heavy atom. The third kappa shape index (κ3) is 4.08. The Bertz CT molecular complexity index is 2290. The average molecular weight is 604 g/mol. The van der Waals surface area contributed by atoms with Gasteiger partial charge in [-0.15, -0.1) is 0 Å². The molecule has 1 aliphatic heterocycles. The van der Waals surface area contributed by atoms with E-state index in [4.69, 9.17) is 18.9 Å². The molecule has 0 amide bonds. The molecular weight excluding hydrogens is 570 g/mol. The maximum absolute atomic E-state index is 7.43. The number of fused-ring (bicyclic) bond motifs is 8. The molecule has 2 heterocycles. The largest absolute Gasteiger partial charge is 0.497 e. The van der Waals surface area contributed by atoms with Crippen molar-refractivity contribution < 1.29 is 18.9 Å². The third-order valence-electron chi connectivity index (χ3n) is 9.14. The first kappa shape index (κ1) is 27.8. The zero-order valence-corrected chi connectivity index (χ0v) is 26.2. The highest BCUT2D eigenvalue weighted by molar-refractivity contribution is 6.25. The van der Waals surface area contributed by atoms with Crippen LogP contribution in [0.3, 0.4) is 0 Å². The summed E-state index contributed by atoms with van der Waals surface area (Å²) in [6.07, 6.45) is 4.43. The lowest BCUT2D eigenvalue weighted by atomic mass is 9.83. The van der Waals surface area contributed by atoms with E-state index < -0.39 is 5.60 Å². The summed E-state index contributed by atoms with van der Waals surface area (Å²) in [5.74, 6) is 2.88. The fourth-order valence-corrected chi connectivity index (χ4v) is 6.96. The number of hydrogen-bond donors (Lipinski definition) is 0. The van der Waals surface area contributed by atoms with Gasteiger partial charge in [-0.3, -0.25) is 0 Å². The van der Waals surface area contributed by atoms with Gasteiger partial charge in [0.15, 0.2) is 17.1 Å². The molecule has 46 heavy (non-hydrogen) atoms. The zero-order chi connectivity index (χ0) is 31.4. The molecule has 1 aromatic heterocycles. The second-order valence-electron chi connectivity index (χ2n) is 11.7. The summed E-state index contributed by atoms with van der Waals surface area (Å²) < 4.78 is 27.0. The molecule has 1 atom stereocenters. The van der Waals surface area contributed by atoms with Crippen LogP contribution in [0.5, 0.6) is 23.0 Å². The summed E-state index contributed by atoms with van der Waals surface area (Å²) in [6, 6.07) is 39.8. The van der Waals surface area contributed by atoms with E-state index in [1.54, 1.807) is 21.3 Å². The van der Waals surface area contributed by atoms with Crippen molar-refractivity contribution in [3.8, 4) is 28.7 Å². The summed E-state index contributed by atoms with van der Waals surface area (Å²) in [5, 5.41) is 4.28. The number of nitrogens with zero attached hydrogens (tertiary/aromatic N) is 1. The van der Waals surface area contributed by atoms with Crippen molar-refractivity contribution in [3.63, 3.8) is 0 Å². The number of para-hydroxylation sites is 1. The molecule has 7 aromatic rings. The summed E-state index contributed by atoms with van der Waals surface area (Å²) in [5.41, 5.74) is 6.62. The Kier molecular flexibility index (Phi) is 6.50. The normalized spacial score (nSPS) is 15.6. The first-order chi connectivity index (χ1) is 22.6. The summed E-state index contributed by atoms with van der Waals surface area (Å²) in [4.78, 5) is 0. The number of benzene rings is 6. The van der Waals surface area contributed by atoms with Crippen molar-refractivity contribution in [2.45, 2.75) is 12.5 Å². The molecule has 0 N–H and O–H groups in total. The SMILES string of the molecule is COc1ccc(C2(c3ccccc3)C=Cc3c(c4cc(OC)c(OC)cc4c4c5ccc(C)cc5n(-c5ccccc5)c34)O2)cc1. The lowest BCUT2D eigenvalue weighted by Crippen LogP contribution is -2.34. The fourth-order valence-electron chi connectivity index (χ4n) is 6.96. The van der Waals surface area contributed by atoms with E-state index in [1.165, 1.54) is 5.56 Å². The van der Waals surface area contributed by atoms with E-state index >= 15 is 0 Å². The minimum atomic E-state index is -0.894. The minimum absolute atomic E-state index is 0.645. The first-order valence-corrected chi connectivity index (χ1v) is 15.4. The molecule has 8 rings (SSSR count). The van der Waals surface area contributed by atoms with Crippen LogP contribution < -0.4 is 18.9 Å². The van der Waals surface area contributed by atoms with E-state index in [0.717, 1.165) is 66.5 Å². The standard InChI is InChI=1S/C41H33NO4/c1-26-15-20-31-35(23-26)42(29-13-9-6-10-14-29)39-32-21-22-41(27-11-7-5-8-12-27,28-16-18-30(43-2)19-17-28)46-40(32)34-25-37(45-4)36(44-3)24-33(34)38(31)39/h5-25H,1-4H3. The van der Waals surface area contributed by atoms with Crippen LogP contribution in [-0.2, 0) is 5.60 Å². The van der Waals surface area contributed by atoms with Gasteiger partial charge in [0.2, 0.25) is 0 Å². The predicted molar refractivity (Wildman–Crippen MR) is 186 cm³/mol. The van der Waals surface area contributed by atoms with Gasteiger partial charge in [0.1, 0.15) is 11.5 Å². The topological polar surface area (TPSA) is 41.9 Å². The number of aryl methyl sites for hydroxylation is 1. The average Bonchev–Trinajstić information content (AvgIpc) is 3.46. The van der Waals surface area contributed by atoms with Gasteiger partial charge in [0.05, 0.1) is 32.4 Å². The number of rotatable bonds is 6. The van der Waals surface area contributed by atoms with Crippen molar-refractivity contribution in [1.82, 2.24) is 4.57 Å². The van der Waals surface area contributed by atoms with E-state index in [2.05, 4.69) is 121 Å². The molecule has 0 bridgehead atoms. The Hall–Kier alpha value is -5.68. The van der Waals surface area contributed by atoms with Gasteiger partial charge in [-0.05, 0) is 72.5 Å². The minimum Gasteiger partial charge on any atom is -0.497 e. The van der Waals surface area contributed by atoms with E-state index in [-0.39, 0.29) is 0 Å². The van der Waals surface area contributed by atoms with Crippen LogP contribution in [0.25, 0.3) is 44.3 Å². The molecule has 0 saturated heterocycles. The van der Waals surface area contributed by atoms with Crippen molar-refractivity contribution in [2.24, 2.45) is 0 Å². The monoisotopic (exact) mass is 603 g/mol. The molecule has 1 aliphatic rings. The van der Waals surface area contributed by atoms with Gasteiger partial charge >= 0.3 is 0 Å². The molecule has 226 valence electrons. The van der Waals surface area contributed by atoms with Gasteiger partial charge in [-0.1, -0.05) is 72.8 Å². The molecule has 0 spiro atoms. The zero-order valence-electron chi connectivity index (χ0n) is 26.2. The van der Waals surface area contributed by atoms with Crippen molar-refractivity contribution in [1.29, 1.82) is 0 Å². The van der Waals surface area contributed by atoms with Gasteiger partial charge in [-0.25, -0.2) is 0 Å². The van der Waals surface area contributed by atoms with Gasteiger partial charge < -0.3 is 23.5 Å². The third-order valence-corrected chi connectivity index (χ3v) is 9.14. The first-order valence-electron chi connectivity index (χ1n) is 15.4. The highest BCUT2D eigenvalue weighted by Gasteiger charge is 2.39. The summed E-state index contributed by atoms with van der Waals surface area (Å²) in [7, 11) is 5.03.